The highest BCUT2D eigenvalue weighted by Gasteiger charge is 2.18. The summed E-state index contributed by atoms with van der Waals surface area (Å²) in [4.78, 5) is 23.1. The number of esters is 1. The quantitative estimate of drug-likeness (QED) is 0.335. The van der Waals surface area contributed by atoms with Gasteiger partial charge in [-0.15, -0.1) is 0 Å². The van der Waals surface area contributed by atoms with Gasteiger partial charge in [-0.05, 0) is 11.6 Å². The molecule has 0 amide bonds. The Morgan fingerprint density at radius 3 is 2.35 bits per heavy atom. The van der Waals surface area contributed by atoms with Crippen LogP contribution in [0, 0.1) is 0 Å². The summed E-state index contributed by atoms with van der Waals surface area (Å²) in [5.74, 6) is -1.06. The average Bonchev–Trinajstić information content (AvgIpc) is 2.36. The van der Waals surface area contributed by atoms with Gasteiger partial charge in [-0.25, -0.2) is 4.79 Å². The van der Waals surface area contributed by atoms with Crippen LogP contribution in [-0.2, 0) is 19.1 Å². The summed E-state index contributed by atoms with van der Waals surface area (Å²) in [5, 5.41) is 0. The Kier molecular flexibility index (Phi) is 5.10. The van der Waals surface area contributed by atoms with Crippen LogP contribution in [-0.4, -0.2) is 32.6 Å². The van der Waals surface area contributed by atoms with Crippen molar-refractivity contribution < 1.29 is 19.1 Å². The van der Waals surface area contributed by atoms with Gasteiger partial charge in [0.1, 0.15) is 12.2 Å². The average molecular weight is 234 g/mol. The van der Waals surface area contributed by atoms with Crippen LogP contribution in [0.3, 0.4) is 0 Å². The maximum Gasteiger partial charge on any atom is 0.341 e. The molecule has 1 aromatic rings. The van der Waals surface area contributed by atoms with E-state index in [9.17, 15) is 9.59 Å². The van der Waals surface area contributed by atoms with Crippen LogP contribution < -0.4 is 0 Å². The van der Waals surface area contributed by atoms with Crippen molar-refractivity contribution in [2.75, 3.05) is 20.8 Å². The molecular weight excluding hydrogens is 220 g/mol. The number of hydrogen-bond acceptors (Lipinski definition) is 4. The summed E-state index contributed by atoms with van der Waals surface area (Å²) in [6.07, 6.45) is 1.49. The zero-order valence-corrected chi connectivity index (χ0v) is 9.80. The Labute approximate surface area is 99.8 Å². The van der Waals surface area contributed by atoms with Gasteiger partial charge in [-0.1, -0.05) is 30.3 Å². The number of Topliss-reactive ketones (excluding diaryl/α,β-unsaturated/α-hetero) is 1. The van der Waals surface area contributed by atoms with Gasteiger partial charge in [0.15, 0.2) is 5.78 Å². The third-order valence-corrected chi connectivity index (χ3v) is 2.09. The van der Waals surface area contributed by atoms with E-state index in [1.807, 2.05) is 18.2 Å². The molecule has 0 saturated carbocycles. The number of benzene rings is 1. The SMILES string of the molecule is COCC(=O)/C(=C/c1ccccc1)C(=O)OC. The number of carbonyl (C=O) groups excluding carboxylic acids is 2. The van der Waals surface area contributed by atoms with Gasteiger partial charge >= 0.3 is 5.97 Å². The highest BCUT2D eigenvalue weighted by Crippen LogP contribution is 2.09. The Bertz CT molecular complexity index is 420. The van der Waals surface area contributed by atoms with Crippen molar-refractivity contribution in [2.24, 2.45) is 0 Å². The summed E-state index contributed by atoms with van der Waals surface area (Å²) in [7, 11) is 2.64. The summed E-state index contributed by atoms with van der Waals surface area (Å²) >= 11 is 0. The second-order valence-electron chi connectivity index (χ2n) is 3.32. The third kappa shape index (κ3) is 3.85. The van der Waals surface area contributed by atoms with Crippen LogP contribution in [0.5, 0.6) is 0 Å². The first-order chi connectivity index (χ1) is 8.19. The molecule has 17 heavy (non-hydrogen) atoms. The largest absolute Gasteiger partial charge is 0.465 e. The van der Waals surface area contributed by atoms with E-state index in [-0.39, 0.29) is 12.2 Å². The summed E-state index contributed by atoms with van der Waals surface area (Å²) < 4.78 is 9.29. The summed E-state index contributed by atoms with van der Waals surface area (Å²) in [5.41, 5.74) is 0.748. The zero-order valence-electron chi connectivity index (χ0n) is 9.80. The van der Waals surface area contributed by atoms with Crippen molar-refractivity contribution in [3.05, 3.63) is 41.5 Å². The fourth-order valence-electron chi connectivity index (χ4n) is 1.29. The molecule has 0 atom stereocenters. The van der Waals surface area contributed by atoms with E-state index in [4.69, 9.17) is 4.74 Å². The molecule has 0 heterocycles. The van der Waals surface area contributed by atoms with Crippen LogP contribution in [0.15, 0.2) is 35.9 Å². The zero-order chi connectivity index (χ0) is 12.7. The molecule has 0 aliphatic carbocycles. The molecule has 0 spiro atoms. The van der Waals surface area contributed by atoms with Crippen LogP contribution in [0.25, 0.3) is 6.08 Å². The number of hydrogen-bond donors (Lipinski definition) is 0. The van der Waals surface area contributed by atoms with Crippen LogP contribution in [0.2, 0.25) is 0 Å². The smallest absolute Gasteiger partial charge is 0.341 e. The molecule has 4 nitrogen and oxygen atoms in total. The number of ether oxygens (including phenoxy) is 2. The molecule has 1 rings (SSSR count). The second kappa shape index (κ2) is 6.60. The van der Waals surface area contributed by atoms with E-state index >= 15 is 0 Å². The minimum absolute atomic E-state index is 0.0134. The molecular formula is C13H14O4. The fourth-order valence-corrected chi connectivity index (χ4v) is 1.29. The molecule has 0 radical (unpaired) electrons. The van der Waals surface area contributed by atoms with E-state index in [2.05, 4.69) is 4.74 Å². The van der Waals surface area contributed by atoms with Gasteiger partial charge in [-0.2, -0.15) is 0 Å². The molecule has 0 aromatic heterocycles. The Balaban J connectivity index is 3.02. The Morgan fingerprint density at radius 2 is 1.82 bits per heavy atom. The second-order valence-corrected chi connectivity index (χ2v) is 3.32. The highest BCUT2D eigenvalue weighted by molar-refractivity contribution is 6.21. The van der Waals surface area contributed by atoms with E-state index in [1.54, 1.807) is 12.1 Å². The van der Waals surface area contributed by atoms with E-state index in [1.165, 1.54) is 20.3 Å². The van der Waals surface area contributed by atoms with Crippen LogP contribution in [0.4, 0.5) is 0 Å². The summed E-state index contributed by atoms with van der Waals surface area (Å²) in [6.45, 7) is -0.145. The molecule has 0 aliphatic heterocycles. The highest BCUT2D eigenvalue weighted by atomic mass is 16.5. The summed E-state index contributed by atoms with van der Waals surface area (Å²) in [6, 6.07) is 9.08. The topological polar surface area (TPSA) is 52.6 Å². The van der Waals surface area contributed by atoms with E-state index < -0.39 is 11.8 Å². The molecule has 0 N–H and O–H groups in total. The van der Waals surface area contributed by atoms with Crippen LogP contribution >= 0.6 is 0 Å². The number of ketones is 1. The van der Waals surface area contributed by atoms with Gasteiger partial charge in [0.05, 0.1) is 7.11 Å². The first-order valence-electron chi connectivity index (χ1n) is 5.06. The number of methoxy groups -OCH3 is 2. The predicted molar refractivity (Wildman–Crippen MR) is 63.3 cm³/mol. The molecule has 0 bridgehead atoms. The first kappa shape index (κ1) is 13.1. The standard InChI is InChI=1S/C13H14O4/c1-16-9-12(14)11(13(15)17-2)8-10-6-4-3-5-7-10/h3-8H,9H2,1-2H3/b11-8-. The Hall–Kier alpha value is -1.94. The van der Waals surface area contributed by atoms with Gasteiger partial charge in [0.25, 0.3) is 0 Å². The molecule has 0 unspecified atom stereocenters. The molecule has 0 saturated heterocycles. The molecule has 1 aromatic carbocycles. The normalized spacial score (nSPS) is 11.1. The monoisotopic (exact) mass is 234 g/mol. The lowest BCUT2D eigenvalue weighted by Gasteiger charge is -2.04. The van der Waals surface area contributed by atoms with Crippen molar-refractivity contribution in [2.45, 2.75) is 0 Å². The van der Waals surface area contributed by atoms with Crippen LogP contribution in [0.1, 0.15) is 5.56 Å². The predicted octanol–water partition coefficient (Wildman–Crippen LogP) is 1.46. The van der Waals surface area contributed by atoms with Crippen molar-refractivity contribution >= 4 is 17.8 Å². The molecule has 0 fully saturated rings. The van der Waals surface area contributed by atoms with Gasteiger partial charge in [-0.3, -0.25) is 4.79 Å². The lowest BCUT2D eigenvalue weighted by atomic mass is 10.1. The first-order valence-corrected chi connectivity index (χ1v) is 5.06. The molecule has 4 heteroatoms. The van der Waals surface area contributed by atoms with Crippen molar-refractivity contribution in [1.29, 1.82) is 0 Å². The van der Waals surface area contributed by atoms with E-state index in [0.29, 0.717) is 0 Å². The maximum absolute atomic E-state index is 11.7. The maximum atomic E-state index is 11.7. The van der Waals surface area contributed by atoms with Gasteiger partial charge in [0, 0.05) is 7.11 Å². The number of rotatable bonds is 5. The number of carbonyl (C=O) groups is 2. The molecule has 0 aliphatic rings. The third-order valence-electron chi connectivity index (χ3n) is 2.09. The fraction of sp³-hybridized carbons (Fsp3) is 0.231. The van der Waals surface area contributed by atoms with Crippen molar-refractivity contribution in [3.63, 3.8) is 0 Å². The lowest BCUT2D eigenvalue weighted by molar-refractivity contribution is -0.138. The van der Waals surface area contributed by atoms with E-state index in [0.717, 1.165) is 5.56 Å². The lowest BCUT2D eigenvalue weighted by Crippen LogP contribution is -2.18. The van der Waals surface area contributed by atoms with Crippen molar-refractivity contribution in [3.8, 4) is 0 Å². The minimum Gasteiger partial charge on any atom is -0.465 e. The Morgan fingerprint density at radius 1 is 1.18 bits per heavy atom. The minimum atomic E-state index is -0.657. The van der Waals surface area contributed by atoms with Crippen molar-refractivity contribution in [1.82, 2.24) is 0 Å². The van der Waals surface area contributed by atoms with Gasteiger partial charge < -0.3 is 9.47 Å². The molecule has 90 valence electrons. The van der Waals surface area contributed by atoms with Gasteiger partial charge in [0.2, 0.25) is 0 Å².